The van der Waals surface area contributed by atoms with E-state index in [4.69, 9.17) is 14.3 Å². The summed E-state index contributed by atoms with van der Waals surface area (Å²) in [6.45, 7) is 15.6. The summed E-state index contributed by atoms with van der Waals surface area (Å²) in [5, 5.41) is 15.7. The number of hydrazine groups is 1. The minimum absolute atomic E-state index is 0.202. The largest absolute Gasteiger partial charge is 0.480 e. The molecule has 0 aliphatic heterocycles. The molecule has 0 saturated carbocycles. The number of ether oxygens (including phenoxy) is 1. The predicted octanol–water partition coefficient (Wildman–Crippen LogP) is 2.67. The third kappa shape index (κ3) is 10.8. The van der Waals surface area contributed by atoms with E-state index in [1.54, 1.807) is 20.8 Å². The third-order valence-electron chi connectivity index (χ3n) is 5.18. The van der Waals surface area contributed by atoms with E-state index >= 15 is 0 Å². The van der Waals surface area contributed by atoms with Crippen LogP contribution in [0, 0.1) is 0 Å². The van der Waals surface area contributed by atoms with Crippen molar-refractivity contribution in [3.05, 3.63) is 0 Å². The van der Waals surface area contributed by atoms with Crippen LogP contribution in [0.3, 0.4) is 0 Å². The second-order valence-corrected chi connectivity index (χ2v) is 15.3. The summed E-state index contributed by atoms with van der Waals surface area (Å²) in [5.74, 6) is -1.74. The Labute approximate surface area is 193 Å². The summed E-state index contributed by atoms with van der Waals surface area (Å²) in [7, 11) is 0.720. The molecule has 188 valence electrons. The highest BCUT2D eigenvalue weighted by atomic mass is 28.4. The zero-order valence-electron chi connectivity index (χ0n) is 21.5. The molecule has 0 aliphatic carbocycles. The fraction of sp³-hybridized carbons (Fsp3) is 0.857. The van der Waals surface area contributed by atoms with Gasteiger partial charge in [-0.1, -0.05) is 20.8 Å². The summed E-state index contributed by atoms with van der Waals surface area (Å²) in [6, 6.07) is 0. The van der Waals surface area contributed by atoms with Crippen molar-refractivity contribution in [2.24, 2.45) is 0 Å². The number of hydrogen-bond acceptors (Lipinski definition) is 7. The van der Waals surface area contributed by atoms with Crippen molar-refractivity contribution in [3.63, 3.8) is 0 Å². The highest BCUT2D eigenvalue weighted by Gasteiger charge is 2.50. The number of carboxylic acids is 1. The highest BCUT2D eigenvalue weighted by molar-refractivity contribution is 6.74. The van der Waals surface area contributed by atoms with Crippen LogP contribution < -0.4 is 16.1 Å². The number of carbonyl (C=O) groups excluding carboxylic acids is 2. The lowest BCUT2D eigenvalue weighted by molar-refractivity contribution is -0.149. The maximum atomic E-state index is 13.5. The van der Waals surface area contributed by atoms with Crippen molar-refractivity contribution in [2.75, 3.05) is 27.2 Å². The van der Waals surface area contributed by atoms with Crippen molar-refractivity contribution >= 4 is 26.3 Å². The van der Waals surface area contributed by atoms with E-state index in [0.29, 0.717) is 6.42 Å². The molecule has 0 spiro atoms. The minimum Gasteiger partial charge on any atom is -0.480 e. The second kappa shape index (κ2) is 12.0. The van der Waals surface area contributed by atoms with Crippen LogP contribution in [0.5, 0.6) is 0 Å². The number of unbranched alkanes of at least 4 members (excludes halogenated alkanes) is 1. The topological polar surface area (TPSA) is 129 Å². The molecule has 32 heavy (non-hydrogen) atoms. The first-order valence-electron chi connectivity index (χ1n) is 11.0. The Balaban J connectivity index is 6.18. The van der Waals surface area contributed by atoms with Crippen LogP contribution >= 0.6 is 0 Å². The summed E-state index contributed by atoms with van der Waals surface area (Å²) >= 11 is 0. The summed E-state index contributed by atoms with van der Waals surface area (Å²) in [5.41, 5.74) is 0.0754. The lowest BCUT2D eigenvalue weighted by atomic mass is 10.0. The van der Waals surface area contributed by atoms with Gasteiger partial charge in [0.1, 0.15) is 12.1 Å². The maximum Gasteiger partial charge on any atom is 0.410 e. The standard InChI is InChI=1S/C21H44N4O6Si/c1-19(2,3)30-18(29)23-21(13-11-12-14-22-7,31-32(9,10)20(4,5)6)17(28)24-25(8)15-16(26)27/h22H,11-15H2,1-10H3,(H,23,29)(H,24,28)(H,26,27). The van der Waals surface area contributed by atoms with E-state index in [-0.39, 0.29) is 11.5 Å². The van der Waals surface area contributed by atoms with E-state index in [9.17, 15) is 14.4 Å². The zero-order chi connectivity index (χ0) is 25.4. The Hall–Kier alpha value is -1.69. The number of likely N-dealkylation sites (N-methyl/N-ethyl adjacent to an activating group) is 1. The van der Waals surface area contributed by atoms with Gasteiger partial charge in [-0.15, -0.1) is 0 Å². The van der Waals surface area contributed by atoms with Gasteiger partial charge in [-0.05, 0) is 65.3 Å². The molecule has 0 radical (unpaired) electrons. The average Bonchev–Trinajstić information content (AvgIpc) is 2.54. The predicted molar refractivity (Wildman–Crippen MR) is 127 cm³/mol. The molecule has 11 heteroatoms. The summed E-state index contributed by atoms with van der Waals surface area (Å²) in [6.07, 6.45) is 0.767. The molecule has 0 saturated heterocycles. The first kappa shape index (κ1) is 30.3. The first-order chi connectivity index (χ1) is 14.3. The lowest BCUT2D eigenvalue weighted by Gasteiger charge is -2.45. The number of rotatable bonds is 12. The second-order valence-electron chi connectivity index (χ2n) is 10.6. The minimum atomic E-state index is -2.56. The van der Waals surface area contributed by atoms with Gasteiger partial charge in [-0.2, -0.15) is 0 Å². The van der Waals surface area contributed by atoms with Crippen LogP contribution in [-0.4, -0.2) is 74.9 Å². The van der Waals surface area contributed by atoms with E-state index in [1.807, 2.05) is 40.9 Å². The molecule has 4 N–H and O–H groups in total. The van der Waals surface area contributed by atoms with Crippen LogP contribution in [0.25, 0.3) is 0 Å². The summed E-state index contributed by atoms with van der Waals surface area (Å²) in [4.78, 5) is 37.3. The molecule has 0 bridgehead atoms. The van der Waals surface area contributed by atoms with Crippen LogP contribution in [0.4, 0.5) is 4.79 Å². The van der Waals surface area contributed by atoms with Gasteiger partial charge in [0.15, 0.2) is 8.32 Å². The van der Waals surface area contributed by atoms with E-state index < -0.39 is 44.2 Å². The molecule has 0 aromatic heterocycles. The quantitative estimate of drug-likeness (QED) is 0.146. The molecule has 0 fully saturated rings. The van der Waals surface area contributed by atoms with Gasteiger partial charge < -0.3 is 19.6 Å². The van der Waals surface area contributed by atoms with Crippen LogP contribution in [0.15, 0.2) is 0 Å². The van der Waals surface area contributed by atoms with Gasteiger partial charge in [-0.25, -0.2) is 9.80 Å². The Morgan fingerprint density at radius 1 is 1.03 bits per heavy atom. The van der Waals surface area contributed by atoms with E-state index in [1.165, 1.54) is 7.05 Å². The number of amides is 2. The first-order valence-corrected chi connectivity index (χ1v) is 13.9. The fourth-order valence-electron chi connectivity index (χ4n) is 2.59. The van der Waals surface area contributed by atoms with Crippen molar-refractivity contribution in [1.29, 1.82) is 0 Å². The van der Waals surface area contributed by atoms with Crippen LogP contribution in [0.2, 0.25) is 18.1 Å². The van der Waals surface area contributed by atoms with Gasteiger partial charge in [-0.3, -0.25) is 20.3 Å². The van der Waals surface area contributed by atoms with Crippen molar-refractivity contribution < 1.29 is 28.7 Å². The van der Waals surface area contributed by atoms with Gasteiger partial charge in [0.2, 0.25) is 5.72 Å². The number of carboxylic acid groups (broad SMARTS) is 1. The Morgan fingerprint density at radius 3 is 2.03 bits per heavy atom. The van der Waals surface area contributed by atoms with Crippen LogP contribution in [-0.2, 0) is 18.8 Å². The SMILES string of the molecule is CNCCCCC(NC(=O)OC(C)(C)C)(O[Si](C)(C)C(C)(C)C)C(=O)NN(C)CC(=O)O. The average molecular weight is 477 g/mol. The molecule has 0 rings (SSSR count). The zero-order valence-corrected chi connectivity index (χ0v) is 22.5. The monoisotopic (exact) mass is 476 g/mol. The molecule has 0 aromatic rings. The number of aliphatic carboxylic acids is 1. The third-order valence-corrected chi connectivity index (χ3v) is 9.65. The molecular weight excluding hydrogens is 432 g/mol. The number of alkyl carbamates (subject to hydrolysis) is 1. The number of carbonyl (C=O) groups is 3. The molecule has 0 aliphatic rings. The van der Waals surface area contributed by atoms with Crippen LogP contribution in [0.1, 0.15) is 60.8 Å². The highest BCUT2D eigenvalue weighted by Crippen LogP contribution is 2.40. The molecular formula is C21H44N4O6Si. The van der Waals surface area contributed by atoms with E-state index in [0.717, 1.165) is 18.0 Å². The van der Waals surface area contributed by atoms with Crippen molar-refractivity contribution in [2.45, 2.75) is 90.3 Å². The fourth-order valence-corrected chi connectivity index (χ4v) is 4.02. The van der Waals surface area contributed by atoms with Crippen molar-refractivity contribution in [1.82, 2.24) is 21.1 Å². The number of nitrogens with zero attached hydrogens (tertiary/aromatic N) is 1. The molecule has 1 unspecified atom stereocenters. The van der Waals surface area contributed by atoms with Gasteiger partial charge in [0, 0.05) is 13.5 Å². The molecule has 2 amide bonds. The molecule has 10 nitrogen and oxygen atoms in total. The number of hydrogen-bond donors (Lipinski definition) is 4. The smallest absolute Gasteiger partial charge is 0.410 e. The number of nitrogens with one attached hydrogen (secondary N) is 3. The molecule has 1 atom stereocenters. The molecule has 0 heterocycles. The Morgan fingerprint density at radius 2 is 1.59 bits per heavy atom. The maximum absolute atomic E-state index is 13.5. The Kier molecular flexibility index (Phi) is 11.3. The van der Waals surface area contributed by atoms with Gasteiger partial charge in [0.05, 0.1) is 0 Å². The van der Waals surface area contributed by atoms with Gasteiger partial charge >= 0.3 is 12.1 Å². The van der Waals surface area contributed by atoms with E-state index in [2.05, 4.69) is 16.1 Å². The Bertz CT molecular complexity index is 645. The van der Waals surface area contributed by atoms with Gasteiger partial charge in [0.25, 0.3) is 5.91 Å². The summed E-state index contributed by atoms with van der Waals surface area (Å²) < 4.78 is 12.0. The van der Waals surface area contributed by atoms with Crippen molar-refractivity contribution in [3.8, 4) is 0 Å². The normalized spacial score (nSPS) is 14.6. The molecule has 0 aromatic carbocycles. The lowest BCUT2D eigenvalue weighted by Crippen LogP contribution is -2.67.